The summed E-state index contributed by atoms with van der Waals surface area (Å²) in [6.07, 6.45) is 6.28. The Bertz CT molecular complexity index is 206. The van der Waals surface area contributed by atoms with E-state index in [9.17, 15) is 4.39 Å². The topological polar surface area (TPSA) is 18.5 Å². The van der Waals surface area contributed by atoms with Gasteiger partial charge in [-0.2, -0.15) is 0 Å². The maximum Gasteiger partial charge on any atom is 0.160 e. The monoisotopic (exact) mass is 244 g/mol. The van der Waals surface area contributed by atoms with Gasteiger partial charge in [-0.1, -0.05) is 19.8 Å². The van der Waals surface area contributed by atoms with Crippen LogP contribution in [-0.2, 0) is 9.47 Å². The van der Waals surface area contributed by atoms with Crippen molar-refractivity contribution < 1.29 is 13.9 Å². The Hall–Kier alpha value is -0.150. The van der Waals surface area contributed by atoms with Crippen molar-refractivity contribution in [2.45, 2.75) is 64.3 Å². The lowest BCUT2D eigenvalue weighted by Gasteiger charge is -2.36. The lowest BCUT2D eigenvalue weighted by molar-refractivity contribution is -0.230. The Kier molecular flexibility index (Phi) is 5.23. The van der Waals surface area contributed by atoms with Crippen LogP contribution >= 0.6 is 0 Å². The molecular weight excluding hydrogens is 219 g/mol. The van der Waals surface area contributed by atoms with Gasteiger partial charge in [-0.25, -0.2) is 4.39 Å². The average Bonchev–Trinajstić information content (AvgIpc) is 2.38. The fourth-order valence-electron chi connectivity index (χ4n) is 2.84. The first-order valence-electron chi connectivity index (χ1n) is 7.17. The number of halogens is 1. The first kappa shape index (κ1) is 13.3. The van der Waals surface area contributed by atoms with Crippen molar-refractivity contribution >= 4 is 0 Å². The molecule has 1 aliphatic carbocycles. The van der Waals surface area contributed by atoms with Gasteiger partial charge in [0.25, 0.3) is 0 Å². The van der Waals surface area contributed by atoms with Gasteiger partial charge in [0.1, 0.15) is 6.17 Å². The van der Waals surface area contributed by atoms with Crippen LogP contribution < -0.4 is 0 Å². The Morgan fingerprint density at radius 2 is 1.71 bits per heavy atom. The van der Waals surface area contributed by atoms with E-state index < -0.39 is 6.17 Å². The molecule has 0 aromatic carbocycles. The SMILES string of the molecule is CCCC[C@H]1CO[C@H]([C@H]2CC[C@H](F)CC2)OC1. The molecule has 0 unspecified atom stereocenters. The molecule has 3 heteroatoms. The molecule has 100 valence electrons. The number of unbranched alkanes of at least 4 members (excludes halogenated alkanes) is 1. The molecular formula is C14H25FO2. The Morgan fingerprint density at radius 3 is 2.29 bits per heavy atom. The lowest BCUT2D eigenvalue weighted by Crippen LogP contribution is -2.38. The third kappa shape index (κ3) is 3.92. The molecule has 0 amide bonds. The predicted octanol–water partition coefficient (Wildman–Crippen LogP) is 3.69. The van der Waals surface area contributed by atoms with Crippen molar-refractivity contribution in [3.63, 3.8) is 0 Å². The molecule has 0 radical (unpaired) electrons. The van der Waals surface area contributed by atoms with Crippen LogP contribution in [0.5, 0.6) is 0 Å². The van der Waals surface area contributed by atoms with E-state index in [2.05, 4.69) is 6.92 Å². The highest BCUT2D eigenvalue weighted by Gasteiger charge is 2.32. The average molecular weight is 244 g/mol. The zero-order valence-electron chi connectivity index (χ0n) is 10.9. The molecule has 2 nitrogen and oxygen atoms in total. The molecule has 1 saturated carbocycles. The molecule has 2 aliphatic rings. The Balaban J connectivity index is 1.68. The van der Waals surface area contributed by atoms with E-state index in [0.29, 0.717) is 24.7 Å². The van der Waals surface area contributed by atoms with Crippen LogP contribution in [0.2, 0.25) is 0 Å². The molecule has 0 bridgehead atoms. The summed E-state index contributed by atoms with van der Waals surface area (Å²) in [5.74, 6) is 0.998. The van der Waals surface area contributed by atoms with Gasteiger partial charge < -0.3 is 9.47 Å². The highest BCUT2D eigenvalue weighted by atomic mass is 19.1. The molecule has 0 aromatic rings. The fraction of sp³-hybridized carbons (Fsp3) is 1.00. The molecule has 0 spiro atoms. The van der Waals surface area contributed by atoms with Crippen molar-refractivity contribution in [2.75, 3.05) is 13.2 Å². The van der Waals surface area contributed by atoms with E-state index >= 15 is 0 Å². The van der Waals surface area contributed by atoms with Crippen LogP contribution in [0.4, 0.5) is 4.39 Å². The van der Waals surface area contributed by atoms with Crippen molar-refractivity contribution in [2.24, 2.45) is 11.8 Å². The molecule has 1 saturated heterocycles. The van der Waals surface area contributed by atoms with Crippen LogP contribution in [0.25, 0.3) is 0 Å². The molecule has 0 aromatic heterocycles. The molecule has 17 heavy (non-hydrogen) atoms. The smallest absolute Gasteiger partial charge is 0.160 e. The zero-order chi connectivity index (χ0) is 12.1. The molecule has 0 atom stereocenters. The summed E-state index contributed by atoms with van der Waals surface area (Å²) in [6.45, 7) is 3.88. The summed E-state index contributed by atoms with van der Waals surface area (Å²) in [4.78, 5) is 0. The minimum absolute atomic E-state index is 0.0552. The standard InChI is InChI=1S/C14H25FO2/c1-2-3-4-11-9-16-14(17-10-11)12-5-7-13(15)8-6-12/h11-14H,2-10H2,1H3/t11-,12-,13-,14-. The van der Waals surface area contributed by atoms with Crippen LogP contribution in [0.3, 0.4) is 0 Å². The van der Waals surface area contributed by atoms with Crippen molar-refractivity contribution in [1.82, 2.24) is 0 Å². The molecule has 2 fully saturated rings. The van der Waals surface area contributed by atoms with Gasteiger partial charge in [0.15, 0.2) is 6.29 Å². The number of ether oxygens (including phenoxy) is 2. The van der Waals surface area contributed by atoms with Gasteiger partial charge in [-0.05, 0) is 32.1 Å². The molecule has 2 rings (SSSR count). The van der Waals surface area contributed by atoms with Gasteiger partial charge in [-0.3, -0.25) is 0 Å². The van der Waals surface area contributed by atoms with E-state index in [1.165, 1.54) is 19.3 Å². The van der Waals surface area contributed by atoms with Gasteiger partial charge in [0.2, 0.25) is 0 Å². The van der Waals surface area contributed by atoms with E-state index in [1.54, 1.807) is 0 Å². The summed E-state index contributed by atoms with van der Waals surface area (Å²) >= 11 is 0. The Labute approximate surface area is 104 Å². The third-order valence-corrected chi connectivity index (χ3v) is 4.04. The lowest BCUT2D eigenvalue weighted by atomic mass is 9.87. The van der Waals surface area contributed by atoms with Crippen LogP contribution in [0.1, 0.15) is 51.9 Å². The second-order valence-electron chi connectivity index (χ2n) is 5.56. The number of alkyl halides is 1. The summed E-state index contributed by atoms with van der Waals surface area (Å²) in [5.41, 5.74) is 0. The maximum atomic E-state index is 13.0. The van der Waals surface area contributed by atoms with E-state index in [0.717, 1.165) is 26.1 Å². The molecule has 0 N–H and O–H groups in total. The van der Waals surface area contributed by atoms with Crippen LogP contribution in [-0.4, -0.2) is 25.7 Å². The maximum absolute atomic E-state index is 13.0. The molecule has 1 aliphatic heterocycles. The van der Waals surface area contributed by atoms with E-state index in [1.807, 2.05) is 0 Å². The van der Waals surface area contributed by atoms with Gasteiger partial charge in [0, 0.05) is 11.8 Å². The van der Waals surface area contributed by atoms with E-state index in [-0.39, 0.29) is 6.29 Å². The van der Waals surface area contributed by atoms with Crippen LogP contribution in [0.15, 0.2) is 0 Å². The van der Waals surface area contributed by atoms with Gasteiger partial charge in [-0.15, -0.1) is 0 Å². The third-order valence-electron chi connectivity index (χ3n) is 4.04. The largest absolute Gasteiger partial charge is 0.352 e. The Morgan fingerprint density at radius 1 is 1.06 bits per heavy atom. The van der Waals surface area contributed by atoms with Crippen LogP contribution in [0, 0.1) is 11.8 Å². The summed E-state index contributed by atoms with van der Waals surface area (Å²) in [5, 5.41) is 0. The first-order valence-corrected chi connectivity index (χ1v) is 7.17. The number of hydrogen-bond donors (Lipinski definition) is 0. The number of rotatable bonds is 4. The molecule has 1 heterocycles. The van der Waals surface area contributed by atoms with Crippen molar-refractivity contribution in [3.8, 4) is 0 Å². The van der Waals surface area contributed by atoms with E-state index in [4.69, 9.17) is 9.47 Å². The normalized spacial score (nSPS) is 39.2. The minimum atomic E-state index is -0.591. The van der Waals surface area contributed by atoms with Gasteiger partial charge in [0.05, 0.1) is 13.2 Å². The highest BCUT2D eigenvalue weighted by molar-refractivity contribution is 4.76. The first-order chi connectivity index (χ1) is 8.29. The van der Waals surface area contributed by atoms with Gasteiger partial charge >= 0.3 is 0 Å². The quantitative estimate of drug-likeness (QED) is 0.751. The van der Waals surface area contributed by atoms with Crippen molar-refractivity contribution in [3.05, 3.63) is 0 Å². The minimum Gasteiger partial charge on any atom is -0.352 e. The summed E-state index contributed by atoms with van der Waals surface area (Å²) in [6, 6.07) is 0. The summed E-state index contributed by atoms with van der Waals surface area (Å²) in [7, 11) is 0. The second-order valence-corrected chi connectivity index (χ2v) is 5.56. The fourth-order valence-corrected chi connectivity index (χ4v) is 2.84. The second kappa shape index (κ2) is 6.69. The number of hydrogen-bond acceptors (Lipinski definition) is 2. The summed E-state index contributed by atoms with van der Waals surface area (Å²) < 4.78 is 24.7. The zero-order valence-corrected chi connectivity index (χ0v) is 10.9. The predicted molar refractivity (Wildman–Crippen MR) is 65.6 cm³/mol. The highest BCUT2D eigenvalue weighted by Crippen LogP contribution is 2.32. The van der Waals surface area contributed by atoms with Crippen molar-refractivity contribution in [1.29, 1.82) is 0 Å².